The van der Waals surface area contributed by atoms with E-state index in [1.807, 2.05) is 4.90 Å². The third-order valence-corrected chi connectivity index (χ3v) is 5.71. The van der Waals surface area contributed by atoms with E-state index in [1.165, 1.54) is 18.6 Å². The van der Waals surface area contributed by atoms with Gasteiger partial charge in [0.15, 0.2) is 0 Å². The molecule has 156 valence electrons. The molecule has 1 aromatic carbocycles. The first-order valence-corrected chi connectivity index (χ1v) is 10.2. The standard InChI is InChI=1S/C21H24F3N3O2/c22-21(23,24)16-6-4-5-15(13-16)19-25-18(29-26-19)11-12-27(20(28)14-9-10-14)17-7-2-1-3-8-17/h4-6,13-14,17H,1-3,7-12H2. The van der Waals surface area contributed by atoms with Crippen molar-refractivity contribution in [3.63, 3.8) is 0 Å². The van der Waals surface area contributed by atoms with Gasteiger partial charge in [0, 0.05) is 30.5 Å². The zero-order valence-corrected chi connectivity index (χ0v) is 16.1. The lowest BCUT2D eigenvalue weighted by Crippen LogP contribution is -2.43. The third kappa shape index (κ3) is 4.79. The number of carbonyl (C=O) groups is 1. The molecule has 0 atom stereocenters. The highest BCUT2D eigenvalue weighted by atomic mass is 19.4. The van der Waals surface area contributed by atoms with Gasteiger partial charge in [0.25, 0.3) is 0 Å². The predicted molar refractivity (Wildman–Crippen MR) is 99.8 cm³/mol. The highest BCUT2D eigenvalue weighted by Gasteiger charge is 2.36. The quantitative estimate of drug-likeness (QED) is 0.686. The molecule has 0 N–H and O–H groups in total. The van der Waals surface area contributed by atoms with E-state index in [9.17, 15) is 18.0 Å². The minimum atomic E-state index is -4.42. The molecule has 0 radical (unpaired) electrons. The van der Waals surface area contributed by atoms with Crippen LogP contribution in [0.5, 0.6) is 0 Å². The highest BCUT2D eigenvalue weighted by Crippen LogP contribution is 2.34. The average Bonchev–Trinajstić information content (AvgIpc) is 3.46. The number of hydrogen-bond acceptors (Lipinski definition) is 4. The molecule has 0 unspecified atom stereocenters. The van der Waals surface area contributed by atoms with Crippen molar-refractivity contribution in [2.75, 3.05) is 6.54 Å². The summed E-state index contributed by atoms with van der Waals surface area (Å²) < 4.78 is 44.0. The molecule has 1 heterocycles. The molecule has 0 aliphatic heterocycles. The van der Waals surface area contributed by atoms with Crippen molar-refractivity contribution in [1.29, 1.82) is 0 Å². The molecule has 2 aromatic rings. The first-order chi connectivity index (χ1) is 13.9. The van der Waals surface area contributed by atoms with Crippen LogP contribution in [-0.2, 0) is 17.4 Å². The van der Waals surface area contributed by atoms with Crippen LogP contribution in [0.25, 0.3) is 11.4 Å². The van der Waals surface area contributed by atoms with Crippen LogP contribution >= 0.6 is 0 Å². The molecule has 8 heteroatoms. The number of alkyl halides is 3. The summed E-state index contributed by atoms with van der Waals surface area (Å²) in [5.41, 5.74) is -0.493. The molecule has 0 saturated heterocycles. The van der Waals surface area contributed by atoms with Crippen molar-refractivity contribution < 1.29 is 22.5 Å². The predicted octanol–water partition coefficient (Wildman–Crippen LogP) is 4.87. The van der Waals surface area contributed by atoms with Gasteiger partial charge in [0.1, 0.15) is 0 Å². The number of nitrogens with zero attached hydrogens (tertiary/aromatic N) is 3. The normalized spacial score (nSPS) is 18.0. The van der Waals surface area contributed by atoms with Gasteiger partial charge in [0.2, 0.25) is 17.6 Å². The van der Waals surface area contributed by atoms with Crippen LogP contribution in [0.4, 0.5) is 13.2 Å². The van der Waals surface area contributed by atoms with E-state index < -0.39 is 11.7 Å². The number of amides is 1. The zero-order valence-electron chi connectivity index (χ0n) is 16.1. The average molecular weight is 407 g/mol. The van der Waals surface area contributed by atoms with Crippen molar-refractivity contribution in [3.05, 3.63) is 35.7 Å². The van der Waals surface area contributed by atoms with Crippen LogP contribution in [0.1, 0.15) is 56.4 Å². The summed E-state index contributed by atoms with van der Waals surface area (Å²) in [4.78, 5) is 19.0. The van der Waals surface area contributed by atoms with Crippen molar-refractivity contribution in [1.82, 2.24) is 15.0 Å². The summed E-state index contributed by atoms with van der Waals surface area (Å²) in [7, 11) is 0. The van der Waals surface area contributed by atoms with E-state index >= 15 is 0 Å². The Morgan fingerprint density at radius 3 is 2.59 bits per heavy atom. The Morgan fingerprint density at radius 2 is 1.90 bits per heavy atom. The molecule has 0 spiro atoms. The molecule has 5 nitrogen and oxygen atoms in total. The largest absolute Gasteiger partial charge is 0.416 e. The number of benzene rings is 1. The van der Waals surface area contributed by atoms with E-state index in [-0.39, 0.29) is 29.3 Å². The van der Waals surface area contributed by atoms with E-state index in [4.69, 9.17) is 4.52 Å². The maximum atomic E-state index is 12.9. The SMILES string of the molecule is O=C(C1CC1)N(CCc1nc(-c2cccc(C(F)(F)F)c2)no1)C1CCCCC1. The molecule has 2 saturated carbocycles. The minimum Gasteiger partial charge on any atom is -0.339 e. The van der Waals surface area contributed by atoms with E-state index in [0.717, 1.165) is 50.7 Å². The van der Waals surface area contributed by atoms with Crippen molar-refractivity contribution in [2.24, 2.45) is 5.92 Å². The van der Waals surface area contributed by atoms with Gasteiger partial charge in [-0.25, -0.2) is 0 Å². The second-order valence-electron chi connectivity index (χ2n) is 7.94. The van der Waals surface area contributed by atoms with E-state index in [0.29, 0.717) is 18.9 Å². The number of carbonyl (C=O) groups excluding carboxylic acids is 1. The topological polar surface area (TPSA) is 59.2 Å². The van der Waals surface area contributed by atoms with Gasteiger partial charge in [-0.1, -0.05) is 36.6 Å². The molecule has 2 fully saturated rings. The molecular formula is C21H24F3N3O2. The minimum absolute atomic E-state index is 0.129. The van der Waals surface area contributed by atoms with Crippen molar-refractivity contribution in [3.8, 4) is 11.4 Å². The molecule has 29 heavy (non-hydrogen) atoms. The molecule has 1 aromatic heterocycles. The Balaban J connectivity index is 1.44. The Bertz CT molecular complexity index is 855. The molecule has 2 aliphatic carbocycles. The first kappa shape index (κ1) is 19.9. The van der Waals surface area contributed by atoms with Gasteiger partial charge in [-0.15, -0.1) is 0 Å². The fourth-order valence-electron chi connectivity index (χ4n) is 3.95. The second kappa shape index (κ2) is 8.16. The Hall–Kier alpha value is -2.38. The maximum Gasteiger partial charge on any atom is 0.416 e. The Labute approximate surface area is 167 Å². The van der Waals surface area contributed by atoms with E-state index in [2.05, 4.69) is 10.1 Å². The summed E-state index contributed by atoms with van der Waals surface area (Å²) in [6, 6.07) is 5.14. The van der Waals surface area contributed by atoms with Crippen LogP contribution in [0.2, 0.25) is 0 Å². The summed E-state index contributed by atoms with van der Waals surface area (Å²) in [5.74, 6) is 0.834. The van der Waals surface area contributed by atoms with Crippen LogP contribution in [-0.4, -0.2) is 33.5 Å². The summed E-state index contributed by atoms with van der Waals surface area (Å²) in [6.45, 7) is 0.504. The third-order valence-electron chi connectivity index (χ3n) is 5.71. The molecule has 1 amide bonds. The van der Waals surface area contributed by atoms with Gasteiger partial charge in [-0.05, 0) is 37.8 Å². The number of aromatic nitrogens is 2. The van der Waals surface area contributed by atoms with Gasteiger partial charge >= 0.3 is 6.18 Å². The summed E-state index contributed by atoms with van der Waals surface area (Å²) >= 11 is 0. The Morgan fingerprint density at radius 1 is 1.14 bits per heavy atom. The van der Waals surface area contributed by atoms with Crippen molar-refractivity contribution in [2.45, 2.75) is 63.6 Å². The molecule has 2 aliphatic rings. The number of rotatable bonds is 6. The second-order valence-corrected chi connectivity index (χ2v) is 7.94. The summed E-state index contributed by atoms with van der Waals surface area (Å²) in [5, 5.41) is 3.84. The van der Waals surface area contributed by atoms with Crippen LogP contribution in [0, 0.1) is 5.92 Å². The van der Waals surface area contributed by atoms with Gasteiger partial charge < -0.3 is 9.42 Å². The van der Waals surface area contributed by atoms with Gasteiger partial charge in [0.05, 0.1) is 5.56 Å². The van der Waals surface area contributed by atoms with Crippen LogP contribution in [0.15, 0.2) is 28.8 Å². The van der Waals surface area contributed by atoms with Gasteiger partial charge in [-0.2, -0.15) is 18.2 Å². The van der Waals surface area contributed by atoms with E-state index in [1.54, 1.807) is 0 Å². The first-order valence-electron chi connectivity index (χ1n) is 10.2. The fourth-order valence-corrected chi connectivity index (χ4v) is 3.95. The molecule has 0 bridgehead atoms. The molecule has 4 rings (SSSR count). The highest BCUT2D eigenvalue weighted by molar-refractivity contribution is 5.81. The lowest BCUT2D eigenvalue weighted by Gasteiger charge is -2.34. The van der Waals surface area contributed by atoms with Gasteiger partial charge in [-0.3, -0.25) is 4.79 Å². The smallest absolute Gasteiger partial charge is 0.339 e. The number of halogens is 3. The number of hydrogen-bond donors (Lipinski definition) is 0. The maximum absolute atomic E-state index is 12.9. The lowest BCUT2D eigenvalue weighted by atomic mass is 9.93. The Kier molecular flexibility index (Phi) is 5.61. The van der Waals surface area contributed by atoms with Crippen LogP contribution < -0.4 is 0 Å². The molecular weight excluding hydrogens is 383 g/mol. The summed E-state index contributed by atoms with van der Waals surface area (Å²) in [6.07, 6.45) is 3.44. The van der Waals surface area contributed by atoms with Crippen molar-refractivity contribution >= 4 is 5.91 Å². The monoisotopic (exact) mass is 407 g/mol. The zero-order chi connectivity index (χ0) is 20.4. The van der Waals surface area contributed by atoms with Crippen LogP contribution in [0.3, 0.4) is 0 Å². The fraction of sp³-hybridized carbons (Fsp3) is 0.571. The lowest BCUT2D eigenvalue weighted by molar-refractivity contribution is -0.137.